The summed E-state index contributed by atoms with van der Waals surface area (Å²) in [4.78, 5) is 0. The zero-order valence-electron chi connectivity index (χ0n) is 12.8. The van der Waals surface area contributed by atoms with Gasteiger partial charge in [-0.05, 0) is 24.3 Å². The molecule has 2 heteroatoms. The van der Waals surface area contributed by atoms with Crippen LogP contribution in [0.5, 0.6) is 0 Å². The van der Waals surface area contributed by atoms with Crippen molar-refractivity contribution in [2.75, 3.05) is 13.2 Å². The lowest BCUT2D eigenvalue weighted by molar-refractivity contribution is 0.107. The van der Waals surface area contributed by atoms with Gasteiger partial charge in [0.2, 0.25) is 0 Å². The van der Waals surface area contributed by atoms with E-state index in [1.54, 1.807) is 0 Å². The maximum absolute atomic E-state index is 9.66. The number of hydrogen-bond donors (Lipinski definition) is 2. The second-order valence-electron chi connectivity index (χ2n) is 5.88. The Balaban J connectivity index is 2.76. The Morgan fingerprint density at radius 3 is 2.11 bits per heavy atom. The molecule has 1 rings (SSSR count). The lowest BCUT2D eigenvalue weighted by Crippen LogP contribution is -2.39. The third-order valence-electron chi connectivity index (χ3n) is 4.36. The molecule has 19 heavy (non-hydrogen) atoms. The van der Waals surface area contributed by atoms with Crippen LogP contribution in [0.25, 0.3) is 0 Å². The molecule has 0 saturated carbocycles. The number of rotatable bonds is 8. The summed E-state index contributed by atoms with van der Waals surface area (Å²) in [6.45, 7) is 9.93. The summed E-state index contributed by atoms with van der Waals surface area (Å²) in [5.74, 6) is 0.535. The molecule has 2 nitrogen and oxygen atoms in total. The molecule has 1 unspecified atom stereocenters. The lowest BCUT2D eigenvalue weighted by Gasteiger charge is -2.33. The highest BCUT2D eigenvalue weighted by atomic mass is 16.3. The molecule has 0 aliphatic rings. The van der Waals surface area contributed by atoms with Gasteiger partial charge in [-0.3, -0.25) is 0 Å². The van der Waals surface area contributed by atoms with Crippen LogP contribution in [0.15, 0.2) is 30.3 Å². The van der Waals surface area contributed by atoms with Crippen LogP contribution < -0.4 is 5.32 Å². The van der Waals surface area contributed by atoms with E-state index in [2.05, 4.69) is 63.3 Å². The van der Waals surface area contributed by atoms with Crippen molar-refractivity contribution < 1.29 is 5.11 Å². The smallest absolute Gasteiger partial charge is 0.0499 e. The molecule has 2 N–H and O–H groups in total. The second-order valence-corrected chi connectivity index (χ2v) is 5.88. The number of benzene rings is 1. The Kier molecular flexibility index (Phi) is 6.53. The van der Waals surface area contributed by atoms with Gasteiger partial charge >= 0.3 is 0 Å². The first-order chi connectivity index (χ1) is 9.08. The average molecular weight is 263 g/mol. The average Bonchev–Trinajstić information content (AvgIpc) is 2.45. The number of aliphatic hydroxyl groups is 1. The SMILES string of the molecule is CCC(CC)(CO)CNC(c1ccccc1)C(C)C. The number of aliphatic hydroxyl groups excluding tert-OH is 1. The molecule has 0 aliphatic carbocycles. The molecule has 0 aliphatic heterocycles. The predicted octanol–water partition coefficient (Wildman–Crippen LogP) is 3.77. The summed E-state index contributed by atoms with van der Waals surface area (Å²) in [7, 11) is 0. The molecular formula is C17H29NO. The van der Waals surface area contributed by atoms with Gasteiger partial charge in [0, 0.05) is 24.6 Å². The fourth-order valence-corrected chi connectivity index (χ4v) is 2.50. The summed E-state index contributed by atoms with van der Waals surface area (Å²) in [6, 6.07) is 10.9. The van der Waals surface area contributed by atoms with Crippen molar-refractivity contribution in [3.05, 3.63) is 35.9 Å². The molecule has 0 fully saturated rings. The van der Waals surface area contributed by atoms with Crippen LogP contribution in [0.3, 0.4) is 0 Å². The predicted molar refractivity (Wildman–Crippen MR) is 82.1 cm³/mol. The Morgan fingerprint density at radius 1 is 1.11 bits per heavy atom. The second kappa shape index (κ2) is 7.66. The third-order valence-corrected chi connectivity index (χ3v) is 4.36. The van der Waals surface area contributed by atoms with Crippen molar-refractivity contribution in [1.82, 2.24) is 5.32 Å². The fraction of sp³-hybridized carbons (Fsp3) is 0.647. The van der Waals surface area contributed by atoms with Crippen molar-refractivity contribution in [3.63, 3.8) is 0 Å². The van der Waals surface area contributed by atoms with Gasteiger partial charge in [-0.2, -0.15) is 0 Å². The quantitative estimate of drug-likeness (QED) is 0.748. The minimum Gasteiger partial charge on any atom is -0.396 e. The van der Waals surface area contributed by atoms with Crippen LogP contribution in [0.1, 0.15) is 52.1 Å². The zero-order chi connectivity index (χ0) is 14.3. The monoisotopic (exact) mass is 263 g/mol. The van der Waals surface area contributed by atoms with Gasteiger partial charge in [0.1, 0.15) is 0 Å². The summed E-state index contributed by atoms with van der Waals surface area (Å²) in [5, 5.41) is 13.3. The van der Waals surface area contributed by atoms with E-state index in [4.69, 9.17) is 0 Å². The highest BCUT2D eigenvalue weighted by molar-refractivity contribution is 5.19. The Morgan fingerprint density at radius 2 is 1.68 bits per heavy atom. The van der Waals surface area contributed by atoms with Crippen molar-refractivity contribution in [1.29, 1.82) is 0 Å². The van der Waals surface area contributed by atoms with Crippen molar-refractivity contribution in [2.45, 2.75) is 46.6 Å². The van der Waals surface area contributed by atoms with E-state index in [0.29, 0.717) is 12.0 Å². The van der Waals surface area contributed by atoms with Crippen LogP contribution >= 0.6 is 0 Å². The Labute approximate surface area is 118 Å². The molecule has 0 spiro atoms. The van der Waals surface area contributed by atoms with E-state index >= 15 is 0 Å². The van der Waals surface area contributed by atoms with Gasteiger partial charge in [-0.1, -0.05) is 58.0 Å². The van der Waals surface area contributed by atoms with E-state index in [1.165, 1.54) is 5.56 Å². The Hall–Kier alpha value is -0.860. The van der Waals surface area contributed by atoms with Crippen LogP contribution in [-0.2, 0) is 0 Å². The van der Waals surface area contributed by atoms with Crippen LogP contribution in [0.2, 0.25) is 0 Å². The minimum absolute atomic E-state index is 0.0158. The number of hydrogen-bond acceptors (Lipinski definition) is 2. The molecule has 0 aromatic heterocycles. The van der Waals surface area contributed by atoms with Crippen LogP contribution in [-0.4, -0.2) is 18.3 Å². The summed E-state index contributed by atoms with van der Waals surface area (Å²) >= 11 is 0. The molecule has 1 atom stereocenters. The largest absolute Gasteiger partial charge is 0.396 e. The van der Waals surface area contributed by atoms with Gasteiger partial charge in [0.05, 0.1) is 0 Å². The highest BCUT2D eigenvalue weighted by Crippen LogP contribution is 2.28. The maximum atomic E-state index is 9.66. The molecule has 0 radical (unpaired) electrons. The molecule has 0 heterocycles. The Bertz CT molecular complexity index is 335. The van der Waals surface area contributed by atoms with Crippen molar-refractivity contribution in [2.24, 2.45) is 11.3 Å². The molecule has 1 aromatic carbocycles. The van der Waals surface area contributed by atoms with Gasteiger partial charge in [0.15, 0.2) is 0 Å². The minimum atomic E-state index is 0.0158. The molecule has 0 saturated heterocycles. The summed E-state index contributed by atoms with van der Waals surface area (Å²) in [6.07, 6.45) is 2.01. The standard InChI is InChI=1S/C17H29NO/c1-5-17(6-2,13-19)12-18-16(14(3)4)15-10-8-7-9-11-15/h7-11,14,16,18-19H,5-6,12-13H2,1-4H3. The first-order valence-electron chi connectivity index (χ1n) is 7.47. The zero-order valence-corrected chi connectivity index (χ0v) is 12.8. The topological polar surface area (TPSA) is 32.3 Å². The number of nitrogens with one attached hydrogen (secondary N) is 1. The van der Waals surface area contributed by atoms with Gasteiger partial charge in [-0.25, -0.2) is 0 Å². The summed E-state index contributed by atoms with van der Waals surface area (Å²) < 4.78 is 0. The van der Waals surface area contributed by atoms with Crippen LogP contribution in [0.4, 0.5) is 0 Å². The normalized spacial score (nSPS) is 13.8. The van der Waals surface area contributed by atoms with Crippen molar-refractivity contribution >= 4 is 0 Å². The van der Waals surface area contributed by atoms with Gasteiger partial charge in [-0.15, -0.1) is 0 Å². The van der Waals surface area contributed by atoms with Gasteiger partial charge in [0.25, 0.3) is 0 Å². The molecule has 0 bridgehead atoms. The molecular weight excluding hydrogens is 234 g/mol. The van der Waals surface area contributed by atoms with Crippen molar-refractivity contribution in [3.8, 4) is 0 Å². The third kappa shape index (κ3) is 4.32. The fourth-order valence-electron chi connectivity index (χ4n) is 2.50. The lowest BCUT2D eigenvalue weighted by atomic mass is 9.82. The molecule has 108 valence electrons. The van der Waals surface area contributed by atoms with E-state index in [-0.39, 0.29) is 12.0 Å². The van der Waals surface area contributed by atoms with E-state index < -0.39 is 0 Å². The van der Waals surface area contributed by atoms with E-state index in [9.17, 15) is 5.11 Å². The van der Waals surface area contributed by atoms with Gasteiger partial charge < -0.3 is 10.4 Å². The van der Waals surface area contributed by atoms with Crippen LogP contribution in [0, 0.1) is 11.3 Å². The summed E-state index contributed by atoms with van der Waals surface area (Å²) in [5.41, 5.74) is 1.35. The molecule has 0 amide bonds. The van der Waals surface area contributed by atoms with E-state index in [1.807, 2.05) is 0 Å². The first-order valence-corrected chi connectivity index (χ1v) is 7.47. The maximum Gasteiger partial charge on any atom is 0.0499 e. The van der Waals surface area contributed by atoms with E-state index in [0.717, 1.165) is 19.4 Å². The molecule has 1 aromatic rings. The highest BCUT2D eigenvalue weighted by Gasteiger charge is 2.27. The first kappa shape index (κ1) is 16.2.